The van der Waals surface area contributed by atoms with Crippen LogP contribution in [0.15, 0.2) is 96.9 Å². The van der Waals surface area contributed by atoms with Crippen molar-refractivity contribution < 1.29 is 172 Å². The van der Waals surface area contributed by atoms with Crippen LogP contribution in [0.3, 0.4) is 0 Å². The Balaban J connectivity index is 0.00000333. The van der Waals surface area contributed by atoms with E-state index in [0.717, 1.165) is 41.0 Å². The van der Waals surface area contributed by atoms with Gasteiger partial charge in [-0.15, -0.1) is 23.8 Å². The van der Waals surface area contributed by atoms with Crippen LogP contribution in [-0.2, 0) is 55.9 Å². The first-order valence-electron chi connectivity index (χ1n) is 20.9. The summed E-state index contributed by atoms with van der Waals surface area (Å²) < 4.78 is 114. The number of nitrogens with one attached hydrogen (secondary N) is 2. The number of phenolic OH excluding ortho intramolecular Hbond substituents is 1. The summed E-state index contributed by atoms with van der Waals surface area (Å²) in [4.78, 5) is 14.2. The maximum Gasteiger partial charge on any atom is 1.00 e. The summed E-state index contributed by atoms with van der Waals surface area (Å²) in [7, 11) is -15.1. The van der Waals surface area contributed by atoms with Crippen LogP contribution in [0.25, 0.3) is 33.4 Å². The third-order valence-corrected chi connectivity index (χ3v) is 14.6. The van der Waals surface area contributed by atoms with Gasteiger partial charge in [0.1, 0.15) is 26.0 Å². The van der Waals surface area contributed by atoms with E-state index in [9.17, 15) is 49.4 Å². The van der Waals surface area contributed by atoms with Crippen molar-refractivity contribution in [1.29, 1.82) is 0 Å². The second kappa shape index (κ2) is 24.7. The van der Waals surface area contributed by atoms with Crippen molar-refractivity contribution in [3.63, 3.8) is 0 Å². The van der Waals surface area contributed by atoms with Crippen LogP contribution in [0.4, 0.5) is 28.4 Å². The van der Waals surface area contributed by atoms with Gasteiger partial charge in [-0.25, -0.2) is 30.2 Å². The second-order valence-corrected chi connectivity index (χ2v) is 20.0. The molecule has 0 fully saturated rings. The number of benzene rings is 6. The molecule has 0 amide bonds. The van der Waals surface area contributed by atoms with E-state index in [1.165, 1.54) is 36.4 Å². The zero-order valence-electron chi connectivity index (χ0n) is 40.9. The van der Waals surface area contributed by atoms with Gasteiger partial charge in [0.15, 0.2) is 0 Å². The van der Waals surface area contributed by atoms with Gasteiger partial charge in [0.25, 0.3) is 0 Å². The minimum atomic E-state index is -5.29. The zero-order chi connectivity index (χ0) is 48.9. The first kappa shape index (κ1) is 62.5. The molecular weight excluding hydrogens is 1010 g/mol. The first-order valence-corrected chi connectivity index (χ1v) is 25.2. The molecule has 71 heavy (non-hydrogen) atoms. The van der Waals surface area contributed by atoms with E-state index in [0.29, 0.717) is 53.0 Å². The summed E-state index contributed by atoms with van der Waals surface area (Å²) in [5.74, 6) is -2.52. The number of rotatable bonds is 14. The van der Waals surface area contributed by atoms with Crippen LogP contribution in [0.2, 0.25) is 0 Å². The van der Waals surface area contributed by atoms with Gasteiger partial charge < -0.3 is 39.6 Å². The molecule has 0 radical (unpaired) electrons. The summed E-state index contributed by atoms with van der Waals surface area (Å²) in [6.07, 6.45) is 1.62. The molecule has 23 heteroatoms. The van der Waals surface area contributed by atoms with Crippen molar-refractivity contribution in [2.24, 2.45) is 4.99 Å². The van der Waals surface area contributed by atoms with E-state index in [1.807, 2.05) is 33.8 Å². The number of carbonyl (C=O) groups excluding carboxylic acids is 1. The van der Waals surface area contributed by atoms with Gasteiger partial charge in [0.2, 0.25) is 10.0 Å². The Labute approximate surface area is 501 Å². The van der Waals surface area contributed by atoms with Crippen molar-refractivity contribution >= 4 is 75.6 Å². The molecule has 0 saturated heterocycles. The molecule has 5 aromatic carbocycles. The average molecular weight is 1060 g/mol. The molecule has 5 N–H and O–H groups in total. The Kier molecular flexibility index (Phi) is 21.8. The number of sulfonamides is 1. The Hall–Kier alpha value is -2.77. The number of nitrogens with zero attached hydrogens (tertiary/aromatic N) is 1. The predicted octanol–water partition coefficient (Wildman–Crippen LogP) is -5.08. The summed E-state index contributed by atoms with van der Waals surface area (Å²) in [6.45, 7) is 11.0. The molecule has 1 heterocycles. The zero-order valence-corrected chi connectivity index (χ0v) is 51.4. The van der Waals surface area contributed by atoms with Crippen LogP contribution < -0.4 is 144 Å². The molecule has 0 bridgehead atoms. The third kappa shape index (κ3) is 12.8. The van der Waals surface area contributed by atoms with Crippen LogP contribution >= 0.6 is 0 Å². The largest absolute Gasteiger partial charge is 1.00 e. The molecular formula is C48H43N4Na4O12S3-. The Morgan fingerprint density at radius 3 is 1.94 bits per heavy atom. The second-order valence-electron chi connectivity index (χ2n) is 15.6. The minimum absolute atomic E-state index is 0. The van der Waals surface area contributed by atoms with Crippen molar-refractivity contribution in [2.75, 3.05) is 15.8 Å². The van der Waals surface area contributed by atoms with E-state index in [4.69, 9.17) is 15.1 Å². The number of carbonyl (C=O) groups is 1. The molecule has 0 atom stereocenters. The standard InChI is InChI=1S/C48H46N4O12S3.4Na/c1-7-27-19-25(5)44(49)31(9-3)46(27)51-36-24-39-35(23-41(36)67(61,62)63)43(34-13-11-12-14-40(34)66(58,59)60)33-17-16-30(22-38(33)64-39)50-47-28(8-2)20-26(6)45(32(47)10-4)52-65(56,57)42-21-29(48(54)55)15-18-37(42)53;;;;/h11-15,17,19-24,50,52-53H,7-10,49H2,1-6H3,(H,54,55)(H,58,59,60)(H,61,62,63);;;;/q-2;4*+1/p-3. The number of carboxylic acid groups (broad SMARTS) is 1. The monoisotopic (exact) mass is 1060 g/mol. The Bertz CT molecular complexity index is 3590. The average Bonchev–Trinajstić information content (AvgIpc) is 3.26. The molecule has 0 spiro atoms. The predicted molar refractivity (Wildman–Crippen MR) is 248 cm³/mol. The van der Waals surface area contributed by atoms with E-state index < -0.39 is 62.2 Å². The van der Waals surface area contributed by atoms with Gasteiger partial charge >= 0.3 is 118 Å². The van der Waals surface area contributed by atoms with Gasteiger partial charge in [-0.1, -0.05) is 74.7 Å². The van der Waals surface area contributed by atoms with Crippen molar-refractivity contribution in [3.8, 4) is 28.2 Å². The molecule has 1 aliphatic heterocycles. The van der Waals surface area contributed by atoms with Crippen molar-refractivity contribution in [2.45, 2.75) is 81.9 Å². The number of aromatic carboxylic acids is 1. The molecule has 0 unspecified atom stereocenters. The van der Waals surface area contributed by atoms with Crippen molar-refractivity contribution in [3.05, 3.63) is 129 Å². The first-order chi connectivity index (χ1) is 31.5. The fraction of sp³-hybridized carbons (Fsp3) is 0.208. The van der Waals surface area contributed by atoms with E-state index in [2.05, 4.69) is 22.2 Å². The number of aromatic hydroxyl groups is 1. The number of fused-ring (bicyclic) bond motifs is 2. The topological polar surface area (TPSA) is 284 Å². The van der Waals surface area contributed by atoms with Gasteiger partial charge in [0.05, 0.1) is 26.5 Å². The smallest absolute Gasteiger partial charge is 0.744 e. The number of anilines is 4. The SMILES string of the molecule is CCc1cc(C)c(N)c(CC)c1N=c1cc2oc3cc(Nc4c(CC)cc(C)c(NS(=O)(=O)c5cc(C(=O)[O-])c[c-]c5O)c4CC)[c-]cc3c(-c3ccccc3S(=O)(=O)[O-])c-2cc1S(=O)(=O)[O-].[Na+].[Na+].[Na+].[Na+]. The summed E-state index contributed by atoms with van der Waals surface area (Å²) in [5, 5.41) is 25.2. The quantitative estimate of drug-likeness (QED) is 0.0261. The van der Waals surface area contributed by atoms with Gasteiger partial charge in [0, 0.05) is 50.8 Å². The number of carboxylic acids is 1. The Morgan fingerprint density at radius 2 is 1.35 bits per heavy atom. The maximum atomic E-state index is 13.8. The molecule has 0 saturated carbocycles. The van der Waals surface area contributed by atoms with Gasteiger partial charge in [-0.2, -0.15) is 18.2 Å². The summed E-state index contributed by atoms with van der Waals surface area (Å²) >= 11 is 0. The van der Waals surface area contributed by atoms with Crippen LogP contribution in [0.5, 0.6) is 5.75 Å². The molecule has 16 nitrogen and oxygen atoms in total. The van der Waals surface area contributed by atoms with Gasteiger partial charge in [-0.05, 0) is 85.0 Å². The van der Waals surface area contributed by atoms with Crippen molar-refractivity contribution in [1.82, 2.24) is 0 Å². The van der Waals surface area contributed by atoms with E-state index >= 15 is 0 Å². The maximum absolute atomic E-state index is 13.8. The molecule has 350 valence electrons. The number of phenols is 1. The number of nitrogen functional groups attached to an aromatic ring is 1. The molecule has 5 aromatic rings. The van der Waals surface area contributed by atoms with Crippen LogP contribution in [-0.4, -0.2) is 45.4 Å². The number of nitrogens with two attached hydrogens (primary N) is 1. The summed E-state index contributed by atoms with van der Waals surface area (Å²) in [6, 6.07) is 21.2. The molecule has 0 aromatic heterocycles. The van der Waals surface area contributed by atoms with Crippen LogP contribution in [0, 0.1) is 26.0 Å². The minimum Gasteiger partial charge on any atom is -0.744 e. The Morgan fingerprint density at radius 1 is 0.732 bits per heavy atom. The number of aryl methyl sites for hydroxylation is 4. The van der Waals surface area contributed by atoms with E-state index in [1.54, 1.807) is 19.9 Å². The normalized spacial score (nSPS) is 11.8. The fourth-order valence-electron chi connectivity index (χ4n) is 8.25. The third-order valence-electron chi connectivity index (χ3n) is 11.5. The number of hydrogen-bond donors (Lipinski definition) is 4. The van der Waals surface area contributed by atoms with Gasteiger partial charge in [-0.3, -0.25) is 4.72 Å². The number of hydrogen-bond acceptors (Lipinski definition) is 15. The molecule has 1 aliphatic carbocycles. The molecule has 2 aliphatic rings. The summed E-state index contributed by atoms with van der Waals surface area (Å²) in [5.41, 5.74) is 11.5. The fourth-order valence-corrected chi connectivity index (χ4v) is 10.8. The van der Waals surface area contributed by atoms with Crippen LogP contribution in [0.1, 0.15) is 71.4 Å². The molecule has 7 rings (SSSR count). The van der Waals surface area contributed by atoms with E-state index in [-0.39, 0.29) is 175 Å².